The third kappa shape index (κ3) is 8.74. The van der Waals surface area contributed by atoms with Gasteiger partial charge in [-0.05, 0) is 43.4 Å². The van der Waals surface area contributed by atoms with Gasteiger partial charge in [-0.15, -0.1) is 0 Å². The highest BCUT2D eigenvalue weighted by atomic mass is 16.5. The van der Waals surface area contributed by atoms with E-state index >= 15 is 0 Å². The fourth-order valence-electron chi connectivity index (χ4n) is 3.49. The van der Waals surface area contributed by atoms with Crippen LogP contribution in [-0.4, -0.2) is 12.1 Å². The van der Waals surface area contributed by atoms with Crippen LogP contribution in [-0.2, 0) is 9.53 Å². The van der Waals surface area contributed by atoms with Crippen LogP contribution >= 0.6 is 0 Å². The van der Waals surface area contributed by atoms with Crippen LogP contribution in [0.15, 0.2) is 24.3 Å². The Kier molecular flexibility index (Phi) is 9.76. The third-order valence-corrected chi connectivity index (χ3v) is 4.65. The van der Waals surface area contributed by atoms with E-state index < -0.39 is 0 Å². The van der Waals surface area contributed by atoms with E-state index in [9.17, 15) is 4.79 Å². The Morgan fingerprint density at radius 2 is 1.52 bits per heavy atom. The van der Waals surface area contributed by atoms with E-state index in [1.54, 1.807) is 0 Å². The maximum absolute atomic E-state index is 12.7. The van der Waals surface area contributed by atoms with E-state index in [2.05, 4.69) is 68.5 Å². The first-order chi connectivity index (χ1) is 11.3. The van der Waals surface area contributed by atoms with E-state index in [-0.39, 0.29) is 29.3 Å². The lowest BCUT2D eigenvalue weighted by molar-refractivity contribution is -0.155. The summed E-state index contributed by atoms with van der Waals surface area (Å²) in [6.07, 6.45) is 2.49. The predicted octanol–water partition coefficient (Wildman–Crippen LogP) is 6.81. The maximum Gasteiger partial charge on any atom is 0.313 e. The summed E-state index contributed by atoms with van der Waals surface area (Å²) in [6, 6.07) is 0. The summed E-state index contributed by atoms with van der Waals surface area (Å²) in [7, 11) is 0. The minimum Gasteiger partial charge on any atom is -0.461 e. The lowest BCUT2D eigenvalue weighted by Gasteiger charge is -2.34. The second kappa shape index (κ2) is 10.2. The van der Waals surface area contributed by atoms with E-state index in [0.29, 0.717) is 11.8 Å². The Morgan fingerprint density at radius 1 is 1.00 bits per heavy atom. The van der Waals surface area contributed by atoms with Crippen LogP contribution < -0.4 is 0 Å². The molecule has 0 radical (unpaired) electrons. The van der Waals surface area contributed by atoms with Crippen molar-refractivity contribution in [2.75, 3.05) is 0 Å². The van der Waals surface area contributed by atoms with E-state index in [4.69, 9.17) is 4.74 Å². The van der Waals surface area contributed by atoms with Crippen molar-refractivity contribution in [3.63, 3.8) is 0 Å². The Hall–Kier alpha value is -1.05. The molecule has 0 aliphatic rings. The molecule has 0 N–H and O–H groups in total. The van der Waals surface area contributed by atoms with Gasteiger partial charge in [-0.25, -0.2) is 0 Å². The third-order valence-electron chi connectivity index (χ3n) is 4.65. The van der Waals surface area contributed by atoms with Gasteiger partial charge in [-0.3, -0.25) is 4.79 Å². The molecular weight excluding hydrogens is 308 g/mol. The average molecular weight is 351 g/mol. The number of hydrogen-bond acceptors (Lipinski definition) is 2. The quantitative estimate of drug-likeness (QED) is 0.319. The second-order valence-electron chi connectivity index (χ2n) is 9.53. The van der Waals surface area contributed by atoms with Gasteiger partial charge in [0.15, 0.2) is 0 Å². The van der Waals surface area contributed by atoms with Crippen molar-refractivity contribution in [3.8, 4) is 0 Å². The van der Waals surface area contributed by atoms with Gasteiger partial charge in [0, 0.05) is 5.92 Å². The van der Waals surface area contributed by atoms with Gasteiger partial charge in [-0.2, -0.15) is 0 Å². The molecule has 0 saturated carbocycles. The van der Waals surface area contributed by atoms with Gasteiger partial charge < -0.3 is 4.74 Å². The fraction of sp³-hybridized carbons (Fsp3) is 0.783. The summed E-state index contributed by atoms with van der Waals surface area (Å²) in [5, 5.41) is 0. The molecule has 25 heavy (non-hydrogen) atoms. The second-order valence-corrected chi connectivity index (χ2v) is 9.53. The summed E-state index contributed by atoms with van der Waals surface area (Å²) in [5.41, 5.74) is 2.34. The molecule has 2 heteroatoms. The summed E-state index contributed by atoms with van der Waals surface area (Å²) >= 11 is 0. The van der Waals surface area contributed by atoms with Gasteiger partial charge in [0.05, 0.1) is 5.92 Å². The Balaban J connectivity index is 5.16. The van der Waals surface area contributed by atoms with Crippen LogP contribution in [0.1, 0.15) is 81.6 Å². The van der Waals surface area contributed by atoms with Gasteiger partial charge >= 0.3 is 5.97 Å². The molecule has 0 bridgehead atoms. The zero-order chi connectivity index (χ0) is 19.9. The van der Waals surface area contributed by atoms with Crippen molar-refractivity contribution in [1.29, 1.82) is 0 Å². The van der Waals surface area contributed by atoms with Gasteiger partial charge in [0.1, 0.15) is 6.10 Å². The molecular formula is C23H42O2. The summed E-state index contributed by atoms with van der Waals surface area (Å²) < 4.78 is 5.96. The van der Waals surface area contributed by atoms with E-state index in [1.807, 2.05) is 6.92 Å². The van der Waals surface area contributed by atoms with Crippen molar-refractivity contribution in [3.05, 3.63) is 24.3 Å². The van der Waals surface area contributed by atoms with Gasteiger partial charge in [-0.1, -0.05) is 79.7 Å². The van der Waals surface area contributed by atoms with Crippen molar-refractivity contribution < 1.29 is 9.53 Å². The lowest BCUT2D eigenvalue weighted by atomic mass is 9.76. The molecule has 0 aromatic rings. The minimum absolute atomic E-state index is 0.114. The smallest absolute Gasteiger partial charge is 0.313 e. The number of hydrogen-bond donors (Lipinski definition) is 0. The van der Waals surface area contributed by atoms with Crippen LogP contribution in [0.2, 0.25) is 0 Å². The number of esters is 1. The molecule has 2 nitrogen and oxygen atoms in total. The summed E-state index contributed by atoms with van der Waals surface area (Å²) in [4.78, 5) is 12.7. The first-order valence-electron chi connectivity index (χ1n) is 9.85. The number of carbonyl (C=O) groups excluding carboxylic acids is 1. The Labute approximate surface area is 157 Å². The van der Waals surface area contributed by atoms with Crippen molar-refractivity contribution in [2.45, 2.75) is 87.7 Å². The molecule has 0 fully saturated rings. The molecule has 0 rings (SSSR count). The first-order valence-corrected chi connectivity index (χ1v) is 9.85. The molecule has 0 aromatic heterocycles. The zero-order valence-electron chi connectivity index (χ0n) is 18.2. The number of carbonyl (C=O) groups is 1. The monoisotopic (exact) mass is 350 g/mol. The number of ether oxygens (including phenoxy) is 1. The predicted molar refractivity (Wildman–Crippen MR) is 109 cm³/mol. The molecule has 146 valence electrons. The normalized spacial score (nSPS) is 15.8. The maximum atomic E-state index is 12.7. The first kappa shape index (κ1) is 23.9. The SMILES string of the molecule is C=C(CC(C)C)C(C)C(=O)OC(CC)C(C(=C)CC(C)(C)C)C(C)C. The molecule has 0 spiro atoms. The highest BCUT2D eigenvalue weighted by Crippen LogP contribution is 2.35. The number of rotatable bonds is 10. The Morgan fingerprint density at radius 3 is 1.88 bits per heavy atom. The standard InChI is InChI=1S/C23H42O2/c1-12-20(21(16(4)5)18(7)14-23(9,10)11)25-22(24)19(8)17(6)13-15(2)3/h15-16,19-21H,6-7,12-14H2,1-5,8-11H3. The molecule has 3 atom stereocenters. The highest BCUT2D eigenvalue weighted by molar-refractivity contribution is 5.75. The molecule has 0 aromatic carbocycles. The molecule has 0 amide bonds. The van der Waals surface area contributed by atoms with Crippen molar-refractivity contribution in [1.82, 2.24) is 0 Å². The van der Waals surface area contributed by atoms with Crippen molar-refractivity contribution in [2.24, 2.45) is 29.1 Å². The summed E-state index contributed by atoms with van der Waals surface area (Å²) in [6.45, 7) is 27.8. The van der Waals surface area contributed by atoms with Gasteiger partial charge in [0.2, 0.25) is 0 Å². The molecule has 0 saturated heterocycles. The van der Waals surface area contributed by atoms with E-state index in [1.165, 1.54) is 5.57 Å². The highest BCUT2D eigenvalue weighted by Gasteiger charge is 2.32. The van der Waals surface area contributed by atoms with Crippen molar-refractivity contribution >= 4 is 5.97 Å². The van der Waals surface area contributed by atoms with Crippen LogP contribution in [0, 0.1) is 29.1 Å². The van der Waals surface area contributed by atoms with Gasteiger partial charge in [0.25, 0.3) is 0 Å². The minimum atomic E-state index is -0.250. The molecule has 0 heterocycles. The molecule has 0 aliphatic heterocycles. The van der Waals surface area contributed by atoms with Crippen LogP contribution in [0.5, 0.6) is 0 Å². The largest absolute Gasteiger partial charge is 0.461 e. The van der Waals surface area contributed by atoms with Crippen LogP contribution in [0.4, 0.5) is 0 Å². The molecule has 3 unspecified atom stereocenters. The summed E-state index contributed by atoms with van der Waals surface area (Å²) in [5.74, 6) is 0.687. The zero-order valence-corrected chi connectivity index (χ0v) is 18.2. The van der Waals surface area contributed by atoms with E-state index in [0.717, 1.165) is 24.8 Å². The molecule has 0 aliphatic carbocycles. The lowest BCUT2D eigenvalue weighted by Crippen LogP contribution is -2.34. The topological polar surface area (TPSA) is 26.3 Å². The van der Waals surface area contributed by atoms with Crippen LogP contribution in [0.3, 0.4) is 0 Å². The Bertz CT molecular complexity index is 451. The average Bonchev–Trinajstić information content (AvgIpc) is 2.42. The van der Waals surface area contributed by atoms with Crippen LogP contribution in [0.25, 0.3) is 0 Å². The fourth-order valence-corrected chi connectivity index (χ4v) is 3.49.